The fourth-order valence-corrected chi connectivity index (χ4v) is 5.02. The average molecular weight is 320 g/mol. The van der Waals surface area contributed by atoms with Crippen LogP contribution in [0.4, 0.5) is 5.69 Å². The van der Waals surface area contributed by atoms with Gasteiger partial charge in [0.2, 0.25) is 0 Å². The van der Waals surface area contributed by atoms with E-state index in [0.29, 0.717) is 10.6 Å². The van der Waals surface area contributed by atoms with Crippen molar-refractivity contribution in [2.75, 3.05) is 24.6 Å². The number of carbonyl (C=O) groups excluding carboxylic acids is 1. The molecule has 0 spiro atoms. The van der Waals surface area contributed by atoms with Crippen molar-refractivity contribution >= 4 is 44.8 Å². The van der Waals surface area contributed by atoms with Crippen molar-refractivity contribution in [3.63, 3.8) is 0 Å². The molecule has 3 rings (SSSR count). The topological polar surface area (TPSA) is 46.3 Å². The summed E-state index contributed by atoms with van der Waals surface area (Å²) in [7, 11) is 0. The SMILES string of the molecule is Cc1ccc2c(N)c(C(=O)N3CCSC(C)(C)C3)sc2c1. The highest BCUT2D eigenvalue weighted by Crippen LogP contribution is 2.37. The van der Waals surface area contributed by atoms with Gasteiger partial charge < -0.3 is 10.6 Å². The number of benzene rings is 1. The molecule has 0 bridgehead atoms. The Balaban J connectivity index is 1.96. The van der Waals surface area contributed by atoms with Gasteiger partial charge in [0.05, 0.1) is 5.69 Å². The molecule has 1 saturated heterocycles. The van der Waals surface area contributed by atoms with Crippen molar-refractivity contribution in [2.45, 2.75) is 25.5 Å². The lowest BCUT2D eigenvalue weighted by atomic mass is 10.1. The number of carbonyl (C=O) groups is 1. The molecule has 2 heterocycles. The van der Waals surface area contributed by atoms with Crippen LogP contribution in [0, 0.1) is 6.92 Å². The van der Waals surface area contributed by atoms with Crippen molar-refractivity contribution in [3.8, 4) is 0 Å². The summed E-state index contributed by atoms with van der Waals surface area (Å²) >= 11 is 3.44. The number of rotatable bonds is 1. The summed E-state index contributed by atoms with van der Waals surface area (Å²) in [4.78, 5) is 15.5. The first-order chi connectivity index (χ1) is 9.87. The van der Waals surface area contributed by atoms with E-state index in [0.717, 1.165) is 28.9 Å². The zero-order chi connectivity index (χ0) is 15.2. The summed E-state index contributed by atoms with van der Waals surface area (Å²) in [5.74, 6) is 1.07. The monoisotopic (exact) mass is 320 g/mol. The molecule has 2 N–H and O–H groups in total. The Morgan fingerprint density at radius 3 is 2.86 bits per heavy atom. The third-order valence-corrected chi connectivity index (χ3v) is 6.24. The second-order valence-electron chi connectivity index (χ2n) is 6.18. The predicted octanol–water partition coefficient (Wildman–Crippen LogP) is 3.76. The molecule has 0 aliphatic carbocycles. The van der Waals surface area contributed by atoms with Crippen LogP contribution in [-0.2, 0) is 0 Å². The van der Waals surface area contributed by atoms with E-state index in [1.807, 2.05) is 28.8 Å². The number of hydrogen-bond donors (Lipinski definition) is 1. The number of thioether (sulfide) groups is 1. The number of fused-ring (bicyclic) bond motifs is 1. The Hall–Kier alpha value is -1.20. The van der Waals surface area contributed by atoms with Crippen LogP contribution in [0.3, 0.4) is 0 Å². The van der Waals surface area contributed by atoms with Gasteiger partial charge in [-0.3, -0.25) is 4.79 Å². The van der Waals surface area contributed by atoms with Crippen LogP contribution in [0.15, 0.2) is 18.2 Å². The summed E-state index contributed by atoms with van der Waals surface area (Å²) in [6.45, 7) is 8.02. The van der Waals surface area contributed by atoms with E-state index in [1.165, 1.54) is 16.9 Å². The van der Waals surface area contributed by atoms with Gasteiger partial charge in [-0.05, 0) is 32.4 Å². The molecular weight excluding hydrogens is 300 g/mol. The minimum Gasteiger partial charge on any atom is -0.397 e. The van der Waals surface area contributed by atoms with E-state index >= 15 is 0 Å². The standard InChI is InChI=1S/C16H20N2OS2/c1-10-4-5-11-12(8-10)21-14(13(11)17)15(19)18-6-7-20-16(2,3)9-18/h4-5,8H,6-7,9,17H2,1-3H3. The Labute approximate surface area is 133 Å². The van der Waals surface area contributed by atoms with E-state index in [2.05, 4.69) is 26.8 Å². The molecule has 1 amide bonds. The molecule has 0 atom stereocenters. The van der Waals surface area contributed by atoms with Gasteiger partial charge in [0.25, 0.3) is 5.91 Å². The van der Waals surface area contributed by atoms with Crippen LogP contribution in [0.2, 0.25) is 0 Å². The van der Waals surface area contributed by atoms with Gasteiger partial charge in [0.15, 0.2) is 0 Å². The van der Waals surface area contributed by atoms with Gasteiger partial charge in [-0.15, -0.1) is 11.3 Å². The van der Waals surface area contributed by atoms with Gasteiger partial charge in [-0.25, -0.2) is 0 Å². The van der Waals surface area contributed by atoms with Crippen LogP contribution < -0.4 is 5.73 Å². The quantitative estimate of drug-likeness (QED) is 0.870. The Kier molecular flexibility index (Phi) is 3.66. The fourth-order valence-electron chi connectivity index (χ4n) is 2.72. The van der Waals surface area contributed by atoms with E-state index in [9.17, 15) is 4.79 Å². The minimum atomic E-state index is 0.0831. The largest absolute Gasteiger partial charge is 0.397 e. The molecule has 112 valence electrons. The number of aryl methyl sites for hydroxylation is 1. The van der Waals surface area contributed by atoms with E-state index in [4.69, 9.17) is 5.73 Å². The molecule has 3 nitrogen and oxygen atoms in total. The van der Waals surface area contributed by atoms with Crippen molar-refractivity contribution in [1.29, 1.82) is 0 Å². The number of anilines is 1. The summed E-state index contributed by atoms with van der Waals surface area (Å²) in [6.07, 6.45) is 0. The third-order valence-electron chi connectivity index (χ3n) is 3.79. The highest BCUT2D eigenvalue weighted by molar-refractivity contribution is 8.00. The smallest absolute Gasteiger partial charge is 0.266 e. The van der Waals surface area contributed by atoms with Crippen LogP contribution in [0.1, 0.15) is 29.1 Å². The Morgan fingerprint density at radius 1 is 1.38 bits per heavy atom. The molecule has 1 fully saturated rings. The maximum Gasteiger partial charge on any atom is 0.266 e. The molecule has 0 unspecified atom stereocenters. The number of nitrogen functional groups attached to an aromatic ring is 1. The number of hydrogen-bond acceptors (Lipinski definition) is 4. The molecule has 1 aliphatic heterocycles. The third kappa shape index (κ3) is 2.77. The normalized spacial score (nSPS) is 18.1. The lowest BCUT2D eigenvalue weighted by Gasteiger charge is -2.37. The first-order valence-electron chi connectivity index (χ1n) is 7.09. The van der Waals surface area contributed by atoms with Gasteiger partial charge >= 0.3 is 0 Å². The lowest BCUT2D eigenvalue weighted by Crippen LogP contribution is -2.46. The van der Waals surface area contributed by atoms with Gasteiger partial charge in [0.1, 0.15) is 4.88 Å². The first kappa shape index (κ1) is 14.7. The maximum atomic E-state index is 12.8. The molecule has 0 saturated carbocycles. The molecule has 0 radical (unpaired) electrons. The number of nitrogens with zero attached hydrogens (tertiary/aromatic N) is 1. The van der Waals surface area contributed by atoms with Crippen LogP contribution >= 0.6 is 23.1 Å². The Morgan fingerprint density at radius 2 is 2.14 bits per heavy atom. The highest BCUT2D eigenvalue weighted by Gasteiger charge is 2.31. The van der Waals surface area contributed by atoms with Gasteiger partial charge in [-0.1, -0.05) is 12.1 Å². The number of thiophene rings is 1. The number of amides is 1. The minimum absolute atomic E-state index is 0.0831. The Bertz CT molecular complexity index is 706. The second-order valence-corrected chi connectivity index (χ2v) is 9.03. The zero-order valence-electron chi connectivity index (χ0n) is 12.6. The summed E-state index contributed by atoms with van der Waals surface area (Å²) in [6, 6.07) is 6.16. The zero-order valence-corrected chi connectivity index (χ0v) is 14.2. The average Bonchev–Trinajstić information content (AvgIpc) is 2.73. The van der Waals surface area contributed by atoms with Crippen LogP contribution in [0.25, 0.3) is 10.1 Å². The molecule has 1 aromatic heterocycles. The molecular formula is C16H20N2OS2. The first-order valence-corrected chi connectivity index (χ1v) is 8.89. The second kappa shape index (κ2) is 5.21. The van der Waals surface area contributed by atoms with Crippen molar-refractivity contribution in [1.82, 2.24) is 4.90 Å². The highest BCUT2D eigenvalue weighted by atomic mass is 32.2. The fraction of sp³-hybridized carbons (Fsp3) is 0.438. The van der Waals surface area contributed by atoms with Crippen molar-refractivity contribution in [2.24, 2.45) is 0 Å². The van der Waals surface area contributed by atoms with Gasteiger partial charge in [0, 0.05) is 33.7 Å². The van der Waals surface area contributed by atoms with Gasteiger partial charge in [-0.2, -0.15) is 11.8 Å². The molecule has 21 heavy (non-hydrogen) atoms. The lowest BCUT2D eigenvalue weighted by molar-refractivity contribution is 0.0754. The van der Waals surface area contributed by atoms with Crippen molar-refractivity contribution in [3.05, 3.63) is 28.6 Å². The van der Waals surface area contributed by atoms with Crippen LogP contribution in [0.5, 0.6) is 0 Å². The molecule has 2 aromatic rings. The van der Waals surface area contributed by atoms with Crippen molar-refractivity contribution < 1.29 is 4.79 Å². The predicted molar refractivity (Wildman–Crippen MR) is 93.4 cm³/mol. The number of nitrogens with two attached hydrogens (primary N) is 1. The summed E-state index contributed by atoms with van der Waals surface area (Å²) in [5.41, 5.74) is 8.05. The molecule has 1 aromatic carbocycles. The maximum absolute atomic E-state index is 12.8. The van der Waals surface area contributed by atoms with E-state index in [-0.39, 0.29) is 10.7 Å². The summed E-state index contributed by atoms with van der Waals surface area (Å²) < 4.78 is 1.22. The molecule has 1 aliphatic rings. The van der Waals surface area contributed by atoms with E-state index < -0.39 is 0 Å². The van der Waals surface area contributed by atoms with E-state index in [1.54, 1.807) is 0 Å². The molecule has 5 heteroatoms. The van der Waals surface area contributed by atoms with Crippen LogP contribution in [-0.4, -0.2) is 34.4 Å². The summed E-state index contributed by atoms with van der Waals surface area (Å²) in [5, 5.41) is 1.000.